The maximum Gasteiger partial charge on any atom is 0.236 e. The second-order valence-electron chi connectivity index (χ2n) is 6.99. The van der Waals surface area contributed by atoms with Crippen LogP contribution in [0.1, 0.15) is 39.2 Å². The first-order valence-electron chi connectivity index (χ1n) is 8.20. The van der Waals surface area contributed by atoms with E-state index in [2.05, 4.69) is 34.4 Å². The number of piperidine rings is 1. The topological polar surface area (TPSA) is 74.3 Å². The average molecular weight is 316 g/mol. The Balaban J connectivity index is 1.79. The summed E-state index contributed by atoms with van der Waals surface area (Å²) in [5.74, 6) is 0.512. The molecule has 6 heteroatoms. The van der Waals surface area contributed by atoms with Gasteiger partial charge in [0.25, 0.3) is 0 Å². The molecule has 0 aliphatic carbocycles. The molecule has 3 atom stereocenters. The molecule has 0 unspecified atom stereocenters. The zero-order valence-electron chi connectivity index (χ0n) is 13.9. The Morgan fingerprint density at radius 1 is 1.22 bits per heavy atom. The van der Waals surface area contributed by atoms with Crippen molar-refractivity contribution in [3.8, 4) is 0 Å². The standard InChI is InChI=1S/C17H24N4O2/c1-11-9-21(10-12(2)19-11)14-5-4-13(8-18-14)17(3)7-6-15(22)20-16(17)23/h4-5,8,11-12,19H,6-7,9-10H2,1-3H3,(H,20,22,23)/t11-,12-,17+/m0/s1. The lowest BCUT2D eigenvalue weighted by molar-refractivity contribution is -0.137. The van der Waals surface area contributed by atoms with Gasteiger partial charge < -0.3 is 10.2 Å². The number of nitrogens with zero attached hydrogens (tertiary/aromatic N) is 2. The smallest absolute Gasteiger partial charge is 0.236 e. The number of carbonyl (C=O) groups excluding carboxylic acids is 2. The monoisotopic (exact) mass is 316 g/mol. The van der Waals surface area contributed by atoms with E-state index in [-0.39, 0.29) is 11.8 Å². The molecule has 2 N–H and O–H groups in total. The molecule has 2 amide bonds. The Bertz CT molecular complexity index is 606. The van der Waals surface area contributed by atoms with E-state index in [1.165, 1.54) is 0 Å². The van der Waals surface area contributed by atoms with Gasteiger partial charge in [0.2, 0.25) is 11.8 Å². The molecule has 2 aliphatic rings. The third-order valence-electron chi connectivity index (χ3n) is 4.87. The Morgan fingerprint density at radius 3 is 2.48 bits per heavy atom. The van der Waals surface area contributed by atoms with Crippen LogP contribution in [-0.4, -0.2) is 42.0 Å². The van der Waals surface area contributed by atoms with Gasteiger partial charge in [0, 0.05) is 37.8 Å². The molecular weight excluding hydrogens is 292 g/mol. The number of rotatable bonds is 2. The number of nitrogens with one attached hydrogen (secondary N) is 2. The summed E-state index contributed by atoms with van der Waals surface area (Å²) in [4.78, 5) is 30.4. The molecule has 3 heterocycles. The molecule has 1 aromatic rings. The second-order valence-corrected chi connectivity index (χ2v) is 6.99. The summed E-state index contributed by atoms with van der Waals surface area (Å²) in [7, 11) is 0. The van der Waals surface area contributed by atoms with Crippen LogP contribution in [-0.2, 0) is 15.0 Å². The molecule has 0 spiro atoms. The van der Waals surface area contributed by atoms with Crippen LogP contribution in [0.5, 0.6) is 0 Å². The van der Waals surface area contributed by atoms with Crippen LogP contribution < -0.4 is 15.5 Å². The normalized spacial score (nSPS) is 31.9. The van der Waals surface area contributed by atoms with E-state index in [1.807, 2.05) is 19.1 Å². The van der Waals surface area contributed by atoms with Gasteiger partial charge in [-0.25, -0.2) is 4.98 Å². The number of piperazine rings is 1. The molecular formula is C17H24N4O2. The van der Waals surface area contributed by atoms with Gasteiger partial charge in [-0.05, 0) is 38.8 Å². The molecule has 0 radical (unpaired) electrons. The minimum Gasteiger partial charge on any atom is -0.354 e. The average Bonchev–Trinajstić information content (AvgIpc) is 2.51. The van der Waals surface area contributed by atoms with Gasteiger partial charge in [0.15, 0.2) is 0 Å². The highest BCUT2D eigenvalue weighted by atomic mass is 16.2. The molecule has 0 bridgehead atoms. The van der Waals surface area contributed by atoms with E-state index in [9.17, 15) is 9.59 Å². The number of anilines is 1. The molecule has 0 aromatic carbocycles. The predicted octanol–water partition coefficient (Wildman–Crippen LogP) is 0.963. The lowest BCUT2D eigenvalue weighted by Crippen LogP contribution is -2.54. The van der Waals surface area contributed by atoms with Crippen molar-refractivity contribution in [3.05, 3.63) is 23.9 Å². The Kier molecular flexibility index (Phi) is 4.10. The first-order valence-corrected chi connectivity index (χ1v) is 8.20. The van der Waals surface area contributed by atoms with Gasteiger partial charge in [0.05, 0.1) is 5.41 Å². The van der Waals surface area contributed by atoms with Crippen molar-refractivity contribution in [2.45, 2.75) is 51.1 Å². The van der Waals surface area contributed by atoms with Gasteiger partial charge in [-0.15, -0.1) is 0 Å². The summed E-state index contributed by atoms with van der Waals surface area (Å²) < 4.78 is 0. The van der Waals surface area contributed by atoms with E-state index in [4.69, 9.17) is 0 Å². The third kappa shape index (κ3) is 3.08. The van der Waals surface area contributed by atoms with Gasteiger partial charge in [-0.1, -0.05) is 6.07 Å². The maximum absolute atomic E-state index is 12.2. The van der Waals surface area contributed by atoms with Crippen LogP contribution in [0.15, 0.2) is 18.3 Å². The summed E-state index contributed by atoms with van der Waals surface area (Å²) in [5, 5.41) is 5.94. The fourth-order valence-electron chi connectivity index (χ4n) is 3.49. The number of amides is 2. The van der Waals surface area contributed by atoms with Crippen molar-refractivity contribution in [1.29, 1.82) is 0 Å². The summed E-state index contributed by atoms with van der Waals surface area (Å²) in [5.41, 5.74) is 0.186. The molecule has 2 fully saturated rings. The number of hydrogen-bond acceptors (Lipinski definition) is 5. The van der Waals surface area contributed by atoms with Crippen LogP contribution in [0, 0.1) is 0 Å². The molecule has 2 saturated heterocycles. The van der Waals surface area contributed by atoms with E-state index in [1.54, 1.807) is 6.20 Å². The van der Waals surface area contributed by atoms with Crippen molar-refractivity contribution < 1.29 is 9.59 Å². The summed E-state index contributed by atoms with van der Waals surface area (Å²) in [6.45, 7) is 8.05. The molecule has 6 nitrogen and oxygen atoms in total. The highest BCUT2D eigenvalue weighted by Crippen LogP contribution is 2.32. The third-order valence-corrected chi connectivity index (χ3v) is 4.87. The second kappa shape index (κ2) is 5.92. The van der Waals surface area contributed by atoms with Crippen molar-refractivity contribution in [1.82, 2.24) is 15.6 Å². The summed E-state index contributed by atoms with van der Waals surface area (Å²) in [6.07, 6.45) is 2.68. The number of aromatic nitrogens is 1. The van der Waals surface area contributed by atoms with Gasteiger partial charge in [0.1, 0.15) is 5.82 Å². The van der Waals surface area contributed by atoms with Crippen molar-refractivity contribution >= 4 is 17.6 Å². The van der Waals surface area contributed by atoms with Gasteiger partial charge in [-0.3, -0.25) is 14.9 Å². The number of imide groups is 1. The minimum atomic E-state index is -0.677. The van der Waals surface area contributed by atoms with E-state index < -0.39 is 5.41 Å². The number of pyridine rings is 1. The van der Waals surface area contributed by atoms with Crippen molar-refractivity contribution in [2.24, 2.45) is 0 Å². The van der Waals surface area contributed by atoms with E-state index in [0.717, 1.165) is 24.5 Å². The highest BCUT2D eigenvalue weighted by molar-refractivity contribution is 6.03. The van der Waals surface area contributed by atoms with Crippen LogP contribution in [0.2, 0.25) is 0 Å². The zero-order valence-corrected chi connectivity index (χ0v) is 13.9. The Labute approximate surface area is 136 Å². The van der Waals surface area contributed by atoms with Crippen LogP contribution in [0.4, 0.5) is 5.82 Å². The maximum atomic E-state index is 12.2. The molecule has 3 rings (SSSR count). The summed E-state index contributed by atoms with van der Waals surface area (Å²) >= 11 is 0. The molecule has 2 aliphatic heterocycles. The van der Waals surface area contributed by atoms with E-state index >= 15 is 0 Å². The van der Waals surface area contributed by atoms with Crippen molar-refractivity contribution in [3.63, 3.8) is 0 Å². The van der Waals surface area contributed by atoms with Gasteiger partial charge in [-0.2, -0.15) is 0 Å². The SMILES string of the molecule is C[C@H]1CN(c2ccc([C@@]3(C)CCC(=O)NC3=O)cn2)C[C@H](C)N1. The number of hydrogen-bond donors (Lipinski definition) is 2. The van der Waals surface area contributed by atoms with E-state index in [0.29, 0.717) is 24.9 Å². The Morgan fingerprint density at radius 2 is 1.91 bits per heavy atom. The lowest BCUT2D eigenvalue weighted by atomic mass is 9.76. The number of carbonyl (C=O) groups is 2. The zero-order chi connectivity index (χ0) is 16.6. The lowest BCUT2D eigenvalue weighted by Gasteiger charge is -2.37. The first kappa shape index (κ1) is 15.9. The minimum absolute atomic E-state index is 0.194. The first-order chi connectivity index (χ1) is 10.9. The predicted molar refractivity (Wildman–Crippen MR) is 88.2 cm³/mol. The highest BCUT2D eigenvalue weighted by Gasteiger charge is 2.40. The van der Waals surface area contributed by atoms with Gasteiger partial charge >= 0.3 is 0 Å². The quantitative estimate of drug-likeness (QED) is 0.795. The summed E-state index contributed by atoms with van der Waals surface area (Å²) in [6, 6.07) is 4.80. The molecule has 1 aromatic heterocycles. The van der Waals surface area contributed by atoms with Crippen molar-refractivity contribution in [2.75, 3.05) is 18.0 Å². The van der Waals surface area contributed by atoms with Crippen LogP contribution in [0.3, 0.4) is 0 Å². The molecule has 23 heavy (non-hydrogen) atoms. The largest absolute Gasteiger partial charge is 0.354 e. The van der Waals surface area contributed by atoms with Crippen LogP contribution >= 0.6 is 0 Å². The molecule has 124 valence electrons. The fraction of sp³-hybridized carbons (Fsp3) is 0.588. The Hall–Kier alpha value is -1.95. The molecule has 0 saturated carbocycles. The van der Waals surface area contributed by atoms with Crippen LogP contribution in [0.25, 0.3) is 0 Å². The fourth-order valence-corrected chi connectivity index (χ4v) is 3.49.